The van der Waals surface area contributed by atoms with Gasteiger partial charge in [0.15, 0.2) is 0 Å². The predicted molar refractivity (Wildman–Crippen MR) is 287 cm³/mol. The largest absolute Gasteiger partial charge is 0.466 e. The number of aliphatic hydroxyl groups excluding tert-OH is 2. The van der Waals surface area contributed by atoms with Gasteiger partial charge in [-0.05, 0) is 51.4 Å². The number of hydrogen-bond donors (Lipinski definition) is 3. The third kappa shape index (κ3) is 52.0. The van der Waals surface area contributed by atoms with Crippen molar-refractivity contribution in [3.8, 4) is 0 Å². The Hall–Kier alpha value is -1.40. The first kappa shape index (κ1) is 64.6. The molecule has 0 aromatic rings. The molecule has 0 rings (SSSR count). The van der Waals surface area contributed by atoms with Crippen LogP contribution in [0.25, 0.3) is 0 Å². The molecule has 0 saturated heterocycles. The highest BCUT2D eigenvalue weighted by molar-refractivity contribution is 5.76. The molecular formula is C60H117NO5. The van der Waals surface area contributed by atoms with Crippen LogP contribution in [-0.2, 0) is 14.3 Å². The van der Waals surface area contributed by atoms with Crippen LogP contribution in [0.3, 0.4) is 0 Å². The Labute approximate surface area is 412 Å². The Morgan fingerprint density at radius 2 is 0.712 bits per heavy atom. The molecule has 1 amide bonds. The van der Waals surface area contributed by atoms with Crippen LogP contribution in [0, 0.1) is 0 Å². The molecule has 2 atom stereocenters. The number of aliphatic hydroxyl groups is 2. The lowest BCUT2D eigenvalue weighted by Gasteiger charge is -2.22. The number of unbranched alkanes of at least 4 members (excludes halogenated alkanes) is 43. The normalized spacial score (nSPS) is 12.6. The van der Waals surface area contributed by atoms with Gasteiger partial charge in [0, 0.05) is 12.8 Å². The lowest BCUT2D eigenvalue weighted by molar-refractivity contribution is -0.143. The second-order valence-corrected chi connectivity index (χ2v) is 20.7. The van der Waals surface area contributed by atoms with Crippen LogP contribution in [-0.4, -0.2) is 47.4 Å². The molecule has 392 valence electrons. The highest BCUT2D eigenvalue weighted by Gasteiger charge is 2.20. The minimum atomic E-state index is -0.666. The van der Waals surface area contributed by atoms with Crippen molar-refractivity contribution in [2.45, 2.75) is 347 Å². The number of ether oxygens (including phenoxy) is 1. The van der Waals surface area contributed by atoms with Crippen LogP contribution in [0.5, 0.6) is 0 Å². The molecular weight excluding hydrogens is 815 g/mol. The quantitative estimate of drug-likeness (QED) is 0.0321. The van der Waals surface area contributed by atoms with Crippen LogP contribution < -0.4 is 5.32 Å². The fraction of sp³-hybridized carbons (Fsp3) is 0.933. The van der Waals surface area contributed by atoms with Gasteiger partial charge >= 0.3 is 5.97 Å². The summed E-state index contributed by atoms with van der Waals surface area (Å²) in [5.74, 6) is -0.0326. The second-order valence-electron chi connectivity index (χ2n) is 20.7. The molecule has 0 heterocycles. The zero-order valence-electron chi connectivity index (χ0n) is 44.7. The molecule has 0 aliphatic heterocycles. The molecule has 3 N–H and O–H groups in total. The average Bonchev–Trinajstić information content (AvgIpc) is 3.32. The Kier molecular flexibility index (Phi) is 55.0. The number of carbonyl (C=O) groups excluding carboxylic acids is 2. The molecule has 0 saturated carbocycles. The topological polar surface area (TPSA) is 95.9 Å². The molecule has 0 radical (unpaired) electrons. The minimum Gasteiger partial charge on any atom is -0.466 e. The fourth-order valence-corrected chi connectivity index (χ4v) is 9.46. The van der Waals surface area contributed by atoms with Crippen molar-refractivity contribution >= 4 is 11.9 Å². The monoisotopic (exact) mass is 932 g/mol. The van der Waals surface area contributed by atoms with Crippen molar-refractivity contribution in [1.29, 1.82) is 0 Å². The smallest absolute Gasteiger partial charge is 0.305 e. The Morgan fingerprint density at radius 1 is 0.409 bits per heavy atom. The first-order valence-electron chi connectivity index (χ1n) is 29.9. The van der Waals surface area contributed by atoms with Crippen molar-refractivity contribution in [2.24, 2.45) is 0 Å². The van der Waals surface area contributed by atoms with Crippen molar-refractivity contribution in [3.05, 3.63) is 12.2 Å². The van der Waals surface area contributed by atoms with Gasteiger partial charge in [0.2, 0.25) is 5.91 Å². The van der Waals surface area contributed by atoms with E-state index in [9.17, 15) is 19.8 Å². The van der Waals surface area contributed by atoms with Gasteiger partial charge < -0.3 is 20.3 Å². The van der Waals surface area contributed by atoms with Crippen molar-refractivity contribution in [1.82, 2.24) is 5.32 Å². The van der Waals surface area contributed by atoms with Gasteiger partial charge in [-0.1, -0.05) is 283 Å². The van der Waals surface area contributed by atoms with Gasteiger partial charge in [-0.15, -0.1) is 0 Å². The molecule has 2 unspecified atom stereocenters. The summed E-state index contributed by atoms with van der Waals surface area (Å²) in [6, 6.07) is -0.543. The van der Waals surface area contributed by atoms with Crippen LogP contribution in [0.4, 0.5) is 0 Å². The summed E-state index contributed by atoms with van der Waals surface area (Å²) in [6.45, 7) is 4.96. The van der Waals surface area contributed by atoms with Crippen molar-refractivity contribution < 1.29 is 24.5 Å². The average molecular weight is 933 g/mol. The molecule has 0 aliphatic rings. The Bertz CT molecular complexity index is 986. The van der Waals surface area contributed by atoms with E-state index in [0.717, 1.165) is 44.9 Å². The van der Waals surface area contributed by atoms with Gasteiger partial charge in [0.1, 0.15) is 0 Å². The first-order chi connectivity index (χ1) is 32.5. The number of rotatable bonds is 56. The summed E-state index contributed by atoms with van der Waals surface area (Å²) in [6.07, 6.45) is 66.3. The molecule has 6 heteroatoms. The number of amides is 1. The summed E-state index contributed by atoms with van der Waals surface area (Å²) in [5.41, 5.74) is 0. The highest BCUT2D eigenvalue weighted by Crippen LogP contribution is 2.18. The van der Waals surface area contributed by atoms with Gasteiger partial charge in [-0.3, -0.25) is 9.59 Å². The molecule has 6 nitrogen and oxygen atoms in total. The van der Waals surface area contributed by atoms with E-state index in [0.29, 0.717) is 25.9 Å². The maximum absolute atomic E-state index is 12.5. The summed E-state index contributed by atoms with van der Waals surface area (Å²) in [4.78, 5) is 24.5. The van der Waals surface area contributed by atoms with E-state index in [4.69, 9.17) is 4.74 Å². The van der Waals surface area contributed by atoms with Crippen LogP contribution >= 0.6 is 0 Å². The SMILES string of the molecule is CCCCCCCCC/C=C\CCCCCCCCCC(=O)OCCCCCCCCCCCCCCCCCCCCC(=O)NC(CO)C(O)CCCCCCCCCCCCCCC. The van der Waals surface area contributed by atoms with Crippen molar-refractivity contribution in [2.75, 3.05) is 13.2 Å². The standard InChI is InChI=1S/C60H117NO5/c1-3-5-7-9-11-13-15-17-18-19-23-26-30-34-38-42-46-50-54-60(65)66-55-51-47-43-39-35-31-27-24-21-20-22-25-29-33-37-41-45-49-53-59(64)61-57(56-62)58(63)52-48-44-40-36-32-28-16-14-12-10-8-6-4-2/h18-19,57-58,62-63H,3-17,20-56H2,1-2H3,(H,61,64)/b19-18-. The number of esters is 1. The minimum absolute atomic E-state index is 0.00507. The van der Waals surface area contributed by atoms with Gasteiger partial charge in [0.05, 0.1) is 25.4 Å². The molecule has 0 aliphatic carbocycles. The van der Waals surface area contributed by atoms with Crippen LogP contribution in [0.1, 0.15) is 335 Å². The molecule has 0 bridgehead atoms. The van der Waals surface area contributed by atoms with E-state index in [2.05, 4.69) is 31.3 Å². The molecule has 66 heavy (non-hydrogen) atoms. The van der Waals surface area contributed by atoms with E-state index in [-0.39, 0.29) is 18.5 Å². The summed E-state index contributed by atoms with van der Waals surface area (Å²) in [7, 11) is 0. The third-order valence-corrected chi connectivity index (χ3v) is 14.1. The Morgan fingerprint density at radius 3 is 1.08 bits per heavy atom. The van der Waals surface area contributed by atoms with Gasteiger partial charge in [-0.2, -0.15) is 0 Å². The first-order valence-corrected chi connectivity index (χ1v) is 29.9. The number of hydrogen-bond acceptors (Lipinski definition) is 5. The zero-order chi connectivity index (χ0) is 47.9. The van der Waals surface area contributed by atoms with E-state index in [1.807, 2.05) is 0 Å². The second kappa shape index (κ2) is 56.2. The third-order valence-electron chi connectivity index (χ3n) is 14.1. The molecule has 0 aromatic carbocycles. The summed E-state index contributed by atoms with van der Waals surface area (Å²) in [5, 5.41) is 23.2. The van der Waals surface area contributed by atoms with Gasteiger partial charge in [-0.25, -0.2) is 0 Å². The molecule has 0 aromatic heterocycles. The lowest BCUT2D eigenvalue weighted by Crippen LogP contribution is -2.45. The number of nitrogens with one attached hydrogen (secondary N) is 1. The summed E-state index contributed by atoms with van der Waals surface area (Å²) < 4.78 is 5.49. The number of allylic oxidation sites excluding steroid dienone is 2. The number of carbonyl (C=O) groups is 2. The molecule has 0 fully saturated rings. The van der Waals surface area contributed by atoms with E-state index in [1.165, 1.54) is 257 Å². The summed E-state index contributed by atoms with van der Waals surface area (Å²) >= 11 is 0. The lowest BCUT2D eigenvalue weighted by atomic mass is 10.0. The van der Waals surface area contributed by atoms with E-state index in [1.54, 1.807) is 0 Å². The maximum atomic E-state index is 12.5. The van der Waals surface area contributed by atoms with Crippen LogP contribution in [0.15, 0.2) is 12.2 Å². The van der Waals surface area contributed by atoms with Gasteiger partial charge in [0.25, 0.3) is 0 Å². The fourth-order valence-electron chi connectivity index (χ4n) is 9.46. The zero-order valence-corrected chi connectivity index (χ0v) is 44.7. The Balaban J connectivity index is 3.38. The predicted octanol–water partition coefficient (Wildman–Crippen LogP) is 18.5. The molecule has 0 spiro atoms. The highest BCUT2D eigenvalue weighted by atomic mass is 16.5. The van der Waals surface area contributed by atoms with Crippen molar-refractivity contribution in [3.63, 3.8) is 0 Å². The van der Waals surface area contributed by atoms with Crippen LogP contribution in [0.2, 0.25) is 0 Å². The van der Waals surface area contributed by atoms with E-state index < -0.39 is 12.1 Å². The maximum Gasteiger partial charge on any atom is 0.305 e. The van der Waals surface area contributed by atoms with E-state index >= 15 is 0 Å².